The number of halogens is 1. The molecule has 0 radical (unpaired) electrons. The Labute approximate surface area is 127 Å². The Kier molecular flexibility index (Phi) is 3.98. The van der Waals surface area contributed by atoms with Gasteiger partial charge in [-0.25, -0.2) is 4.79 Å². The third-order valence-electron chi connectivity index (χ3n) is 4.04. The van der Waals surface area contributed by atoms with E-state index in [1.165, 1.54) is 16.7 Å². The molecule has 2 amide bonds. The average molecular weight is 339 g/mol. The summed E-state index contributed by atoms with van der Waals surface area (Å²) in [6, 6.07) is 4.21. The van der Waals surface area contributed by atoms with Gasteiger partial charge in [-0.05, 0) is 36.5 Å². The summed E-state index contributed by atoms with van der Waals surface area (Å²) < 4.78 is 6.65. The van der Waals surface area contributed by atoms with E-state index in [9.17, 15) is 4.79 Å². The maximum atomic E-state index is 12.2. The second-order valence-corrected chi connectivity index (χ2v) is 6.30. The molecule has 0 unspecified atom stereocenters. The van der Waals surface area contributed by atoms with E-state index in [0.717, 1.165) is 23.9 Å². The number of nitrogens with one attached hydrogen (secondary N) is 1. The summed E-state index contributed by atoms with van der Waals surface area (Å²) in [6.45, 7) is 4.87. The number of hydrogen-bond donors (Lipinski definition) is 1. The topological polar surface area (TPSA) is 41.6 Å². The molecular formula is C15H19BrN2O2. The molecular weight excluding hydrogens is 320 g/mol. The van der Waals surface area contributed by atoms with E-state index >= 15 is 0 Å². The smallest absolute Gasteiger partial charge is 0.318 e. The molecule has 2 aliphatic rings. The van der Waals surface area contributed by atoms with E-state index in [0.29, 0.717) is 19.6 Å². The molecule has 3 rings (SSSR count). The minimum atomic E-state index is 0.00116. The molecule has 0 aliphatic carbocycles. The van der Waals surface area contributed by atoms with E-state index < -0.39 is 0 Å². The van der Waals surface area contributed by atoms with Gasteiger partial charge < -0.3 is 15.0 Å². The lowest BCUT2D eigenvalue weighted by Gasteiger charge is -2.18. The number of rotatable bonds is 2. The second-order valence-electron chi connectivity index (χ2n) is 5.51. The zero-order chi connectivity index (χ0) is 14.1. The fourth-order valence-corrected chi connectivity index (χ4v) is 3.32. The Morgan fingerprint density at radius 1 is 1.50 bits per heavy atom. The van der Waals surface area contributed by atoms with Gasteiger partial charge in [0.1, 0.15) is 0 Å². The zero-order valence-corrected chi connectivity index (χ0v) is 13.2. The fourth-order valence-electron chi connectivity index (χ4n) is 2.81. The van der Waals surface area contributed by atoms with Crippen LogP contribution in [0.25, 0.3) is 0 Å². The molecule has 4 nitrogen and oxygen atoms in total. The van der Waals surface area contributed by atoms with Crippen LogP contribution in [0.15, 0.2) is 16.6 Å². The predicted molar refractivity (Wildman–Crippen MR) is 80.5 cm³/mol. The van der Waals surface area contributed by atoms with Crippen LogP contribution in [0.5, 0.6) is 0 Å². The van der Waals surface area contributed by atoms with Crippen molar-refractivity contribution in [2.75, 3.05) is 13.2 Å². The molecule has 0 spiro atoms. The summed E-state index contributed by atoms with van der Waals surface area (Å²) in [7, 11) is 0. The van der Waals surface area contributed by atoms with Gasteiger partial charge in [-0.3, -0.25) is 0 Å². The highest BCUT2D eigenvalue weighted by Gasteiger charge is 2.26. The quantitative estimate of drug-likeness (QED) is 0.900. The highest BCUT2D eigenvalue weighted by atomic mass is 79.9. The van der Waals surface area contributed by atoms with Crippen LogP contribution >= 0.6 is 15.9 Å². The molecule has 0 aromatic heterocycles. The summed E-state index contributed by atoms with van der Waals surface area (Å²) in [5, 5.41) is 2.98. The number of aryl methyl sites for hydroxylation is 1. The molecule has 108 valence electrons. The van der Waals surface area contributed by atoms with Gasteiger partial charge >= 0.3 is 6.03 Å². The number of benzene rings is 1. The van der Waals surface area contributed by atoms with Crippen molar-refractivity contribution in [2.45, 2.75) is 39.0 Å². The second kappa shape index (κ2) is 5.74. The molecule has 1 saturated heterocycles. The molecule has 1 N–H and O–H groups in total. The molecule has 2 aliphatic heterocycles. The third-order valence-corrected chi connectivity index (χ3v) is 5.14. The van der Waals surface area contributed by atoms with Gasteiger partial charge in [0.05, 0.1) is 6.10 Å². The summed E-state index contributed by atoms with van der Waals surface area (Å²) in [5.41, 5.74) is 3.68. The SMILES string of the molecule is Cc1ccc2c(c1Br)CN(C(=O)NC[C@H]1CCCO1)C2. The first-order chi connectivity index (χ1) is 9.65. The van der Waals surface area contributed by atoms with E-state index in [1.54, 1.807) is 0 Å². The van der Waals surface area contributed by atoms with Crippen LogP contribution < -0.4 is 5.32 Å². The monoisotopic (exact) mass is 338 g/mol. The first-order valence-electron chi connectivity index (χ1n) is 7.06. The van der Waals surface area contributed by atoms with Crippen molar-refractivity contribution in [2.24, 2.45) is 0 Å². The summed E-state index contributed by atoms with van der Waals surface area (Å²) in [5.74, 6) is 0. The predicted octanol–water partition coefficient (Wildman–Crippen LogP) is 2.96. The first-order valence-corrected chi connectivity index (χ1v) is 7.85. The standard InChI is InChI=1S/C15H19BrN2O2/c1-10-4-5-11-8-18(9-13(11)14(10)16)15(19)17-7-12-3-2-6-20-12/h4-5,12H,2-3,6-9H2,1H3,(H,17,19)/t12-/m1/s1. The number of urea groups is 1. The van der Waals surface area contributed by atoms with Crippen LogP contribution in [0.2, 0.25) is 0 Å². The van der Waals surface area contributed by atoms with Crippen molar-refractivity contribution >= 4 is 22.0 Å². The van der Waals surface area contributed by atoms with Gasteiger partial charge in [0.2, 0.25) is 0 Å². The molecule has 1 aromatic carbocycles. The van der Waals surface area contributed by atoms with Crippen LogP contribution in [0.3, 0.4) is 0 Å². The first kappa shape index (κ1) is 13.9. The lowest BCUT2D eigenvalue weighted by Crippen LogP contribution is -2.40. The Bertz CT molecular complexity index is 527. The van der Waals surface area contributed by atoms with E-state index in [2.05, 4.69) is 40.3 Å². The maximum absolute atomic E-state index is 12.2. The van der Waals surface area contributed by atoms with Gasteiger partial charge in [-0.1, -0.05) is 28.1 Å². The average Bonchev–Trinajstić information content (AvgIpc) is 3.09. The fraction of sp³-hybridized carbons (Fsp3) is 0.533. The zero-order valence-electron chi connectivity index (χ0n) is 11.6. The van der Waals surface area contributed by atoms with Gasteiger partial charge in [-0.15, -0.1) is 0 Å². The highest BCUT2D eigenvalue weighted by Crippen LogP contribution is 2.31. The molecule has 0 bridgehead atoms. The van der Waals surface area contributed by atoms with E-state index in [4.69, 9.17) is 4.74 Å². The van der Waals surface area contributed by atoms with Crippen LogP contribution in [0.1, 0.15) is 29.5 Å². The largest absolute Gasteiger partial charge is 0.376 e. The van der Waals surface area contributed by atoms with Crippen molar-refractivity contribution in [1.29, 1.82) is 0 Å². The van der Waals surface area contributed by atoms with Crippen LogP contribution in [0.4, 0.5) is 4.79 Å². The number of nitrogens with zero attached hydrogens (tertiary/aromatic N) is 1. The van der Waals surface area contributed by atoms with Crippen LogP contribution in [0, 0.1) is 6.92 Å². The molecule has 1 atom stereocenters. The molecule has 20 heavy (non-hydrogen) atoms. The summed E-state index contributed by atoms with van der Waals surface area (Å²) >= 11 is 3.62. The van der Waals surface area contributed by atoms with Crippen LogP contribution in [-0.4, -0.2) is 30.2 Å². The van der Waals surface area contributed by atoms with E-state index in [1.807, 2.05) is 4.90 Å². The van der Waals surface area contributed by atoms with Gasteiger partial charge in [-0.2, -0.15) is 0 Å². The summed E-state index contributed by atoms with van der Waals surface area (Å²) in [6.07, 6.45) is 2.34. The van der Waals surface area contributed by atoms with E-state index in [-0.39, 0.29) is 12.1 Å². The van der Waals surface area contributed by atoms with Crippen LogP contribution in [-0.2, 0) is 17.8 Å². The van der Waals surface area contributed by atoms with Gasteiger partial charge in [0.15, 0.2) is 0 Å². The number of ether oxygens (including phenoxy) is 1. The molecule has 5 heteroatoms. The maximum Gasteiger partial charge on any atom is 0.318 e. The lowest BCUT2D eigenvalue weighted by molar-refractivity contribution is 0.109. The minimum Gasteiger partial charge on any atom is -0.376 e. The molecule has 1 aromatic rings. The molecule has 0 saturated carbocycles. The normalized spacial score (nSPS) is 21.1. The number of carbonyl (C=O) groups is 1. The number of hydrogen-bond acceptors (Lipinski definition) is 2. The number of amides is 2. The Morgan fingerprint density at radius 3 is 3.10 bits per heavy atom. The molecule has 1 fully saturated rings. The Morgan fingerprint density at radius 2 is 2.35 bits per heavy atom. The summed E-state index contributed by atoms with van der Waals surface area (Å²) in [4.78, 5) is 14.1. The Hall–Kier alpha value is -1.07. The molecule has 2 heterocycles. The van der Waals surface area contributed by atoms with Crippen molar-refractivity contribution in [3.05, 3.63) is 33.3 Å². The number of fused-ring (bicyclic) bond motifs is 1. The van der Waals surface area contributed by atoms with Gasteiger partial charge in [0, 0.05) is 30.7 Å². The number of carbonyl (C=O) groups excluding carboxylic acids is 1. The van der Waals surface area contributed by atoms with Crippen molar-refractivity contribution in [3.8, 4) is 0 Å². The lowest BCUT2D eigenvalue weighted by atomic mass is 10.1. The van der Waals surface area contributed by atoms with Crippen molar-refractivity contribution < 1.29 is 9.53 Å². The van der Waals surface area contributed by atoms with Crippen molar-refractivity contribution in [1.82, 2.24) is 10.2 Å². The van der Waals surface area contributed by atoms with Crippen molar-refractivity contribution in [3.63, 3.8) is 0 Å². The third kappa shape index (κ3) is 2.69. The van der Waals surface area contributed by atoms with Gasteiger partial charge in [0.25, 0.3) is 0 Å². The minimum absolute atomic E-state index is 0.00116. The Balaban J connectivity index is 1.60. The highest BCUT2D eigenvalue weighted by molar-refractivity contribution is 9.10.